The van der Waals surface area contributed by atoms with Crippen LogP contribution in [0, 0.1) is 12.5 Å². The number of fused-ring (bicyclic) bond motifs is 3. The minimum absolute atomic E-state index is 0.148. The minimum atomic E-state index is -2.02. The van der Waals surface area contributed by atoms with Crippen molar-refractivity contribution in [3.8, 4) is 11.5 Å². The summed E-state index contributed by atoms with van der Waals surface area (Å²) in [5.41, 5.74) is -1.74. The van der Waals surface area contributed by atoms with E-state index in [0.717, 1.165) is 5.56 Å². The first-order chi connectivity index (χ1) is 15.9. The number of aliphatic hydroxyl groups excluding tert-OH is 1. The van der Waals surface area contributed by atoms with Crippen molar-refractivity contribution >= 4 is 11.5 Å². The number of aliphatic hydroxyl groups is 2. The smallest absolute Gasteiger partial charge is 0.187 e. The van der Waals surface area contributed by atoms with Gasteiger partial charge in [0.15, 0.2) is 16.9 Å². The summed E-state index contributed by atoms with van der Waals surface area (Å²) in [6.07, 6.45) is -0.0354. The van der Waals surface area contributed by atoms with Gasteiger partial charge in [0.25, 0.3) is 0 Å². The Kier molecular flexibility index (Phi) is 4.74. The van der Waals surface area contributed by atoms with Gasteiger partial charge in [-0.05, 0) is 18.1 Å². The highest BCUT2D eigenvalue weighted by atomic mass is 16.5. The molecule has 1 saturated carbocycles. The lowest BCUT2D eigenvalue weighted by atomic mass is 9.71. The summed E-state index contributed by atoms with van der Waals surface area (Å²) in [5, 5.41) is 23.9. The standard InChI is InChI=1S/C26H22N2O5/c1-15(29)21-22(16-7-5-4-6-8-16)26(17-9-11-18(27-2)12-10-17)25(31,24(21)30)23-20(33-26)13-19(32-3)14-28-23/h4-14,21-22,24,30-31H,1,3H3/t21-,22-,24-,25+,26+/m1/s1. The predicted molar refractivity (Wildman–Crippen MR) is 119 cm³/mol. The summed E-state index contributed by atoms with van der Waals surface area (Å²) in [6.45, 7) is 8.70. The average Bonchev–Trinajstić information content (AvgIpc) is 3.22. The first-order valence-corrected chi connectivity index (χ1v) is 10.6. The molecule has 0 amide bonds. The molecule has 1 aliphatic heterocycles. The molecule has 5 rings (SSSR count). The first-order valence-electron chi connectivity index (χ1n) is 10.6. The van der Waals surface area contributed by atoms with Gasteiger partial charge in [0.1, 0.15) is 29.1 Å². The Morgan fingerprint density at radius 1 is 1.18 bits per heavy atom. The van der Waals surface area contributed by atoms with Crippen molar-refractivity contribution in [2.45, 2.75) is 30.1 Å². The lowest BCUT2D eigenvalue weighted by Crippen LogP contribution is -2.52. The monoisotopic (exact) mass is 442 g/mol. The zero-order valence-corrected chi connectivity index (χ0v) is 18.1. The third-order valence-corrected chi connectivity index (χ3v) is 6.88. The Labute approximate surface area is 191 Å². The van der Waals surface area contributed by atoms with Gasteiger partial charge in [0.05, 0.1) is 25.8 Å². The second-order valence-electron chi connectivity index (χ2n) is 8.45. The highest BCUT2D eigenvalue weighted by Crippen LogP contribution is 2.68. The number of benzene rings is 2. The Morgan fingerprint density at radius 3 is 2.48 bits per heavy atom. The fourth-order valence-electron chi connectivity index (χ4n) is 5.49. The Hall–Kier alpha value is -3.73. The molecule has 2 N–H and O–H groups in total. The maximum atomic E-state index is 12.9. The molecule has 0 saturated heterocycles. The van der Waals surface area contributed by atoms with Crippen molar-refractivity contribution in [1.82, 2.24) is 4.98 Å². The van der Waals surface area contributed by atoms with Crippen molar-refractivity contribution in [2.24, 2.45) is 5.92 Å². The summed E-state index contributed by atoms with van der Waals surface area (Å²) in [7, 11) is 1.50. The summed E-state index contributed by atoms with van der Waals surface area (Å²) < 4.78 is 11.8. The number of carbonyl (C=O) groups excluding carboxylic acids is 1. The molecule has 1 aromatic heterocycles. The molecule has 0 radical (unpaired) electrons. The Bertz CT molecular complexity index is 1270. The molecule has 5 atom stereocenters. The van der Waals surface area contributed by atoms with Crippen molar-refractivity contribution in [3.05, 3.63) is 95.1 Å². The normalized spacial score (nSPS) is 29.5. The van der Waals surface area contributed by atoms with Crippen molar-refractivity contribution in [2.75, 3.05) is 7.11 Å². The van der Waals surface area contributed by atoms with Crippen LogP contribution in [-0.4, -0.2) is 34.2 Å². The van der Waals surface area contributed by atoms with Crippen molar-refractivity contribution in [3.63, 3.8) is 0 Å². The van der Waals surface area contributed by atoms with E-state index in [9.17, 15) is 15.0 Å². The number of aromatic nitrogens is 1. The van der Waals surface area contributed by atoms with E-state index in [2.05, 4.69) is 9.83 Å². The van der Waals surface area contributed by atoms with Crippen LogP contribution in [-0.2, 0) is 16.0 Å². The fourth-order valence-corrected chi connectivity index (χ4v) is 5.49. The van der Waals surface area contributed by atoms with Crippen LogP contribution in [0.4, 0.5) is 5.69 Å². The molecule has 1 aliphatic carbocycles. The Balaban J connectivity index is 1.85. The number of rotatable bonds is 4. The van der Waals surface area contributed by atoms with E-state index < -0.39 is 29.1 Å². The third kappa shape index (κ3) is 2.68. The second-order valence-corrected chi connectivity index (χ2v) is 8.45. The summed E-state index contributed by atoms with van der Waals surface area (Å²) in [5.74, 6) is -1.24. The number of ketones is 1. The largest absolute Gasteiger partial charge is 0.495 e. The zero-order valence-electron chi connectivity index (χ0n) is 18.1. The molecule has 7 nitrogen and oxygen atoms in total. The topological polar surface area (TPSA) is 93.2 Å². The van der Waals surface area contributed by atoms with Crippen LogP contribution in [0.15, 0.2) is 66.9 Å². The van der Waals surface area contributed by atoms with Crippen LogP contribution in [0.3, 0.4) is 0 Å². The van der Waals surface area contributed by atoms with Gasteiger partial charge in [-0.3, -0.25) is 9.78 Å². The molecule has 0 spiro atoms. The van der Waals surface area contributed by atoms with Gasteiger partial charge < -0.3 is 19.7 Å². The molecule has 1 fully saturated rings. The van der Waals surface area contributed by atoms with E-state index in [-0.39, 0.29) is 17.2 Å². The van der Waals surface area contributed by atoms with E-state index in [1.807, 2.05) is 30.3 Å². The molecular weight excluding hydrogens is 420 g/mol. The van der Waals surface area contributed by atoms with Gasteiger partial charge >= 0.3 is 0 Å². The molecule has 2 heterocycles. The predicted octanol–water partition coefficient (Wildman–Crippen LogP) is 3.48. The van der Waals surface area contributed by atoms with Crippen LogP contribution >= 0.6 is 0 Å². The van der Waals surface area contributed by atoms with Gasteiger partial charge in [-0.15, -0.1) is 0 Å². The number of hydrogen-bond donors (Lipinski definition) is 2. The van der Waals surface area contributed by atoms with E-state index in [1.165, 1.54) is 20.2 Å². The molecule has 166 valence electrons. The number of hydrogen-bond acceptors (Lipinski definition) is 6. The quantitative estimate of drug-likeness (QED) is 0.601. The van der Waals surface area contributed by atoms with Gasteiger partial charge in [-0.25, -0.2) is 4.85 Å². The summed E-state index contributed by atoms with van der Waals surface area (Å²) >= 11 is 0. The van der Waals surface area contributed by atoms with Gasteiger partial charge in [0, 0.05) is 12.0 Å². The lowest BCUT2D eigenvalue weighted by Gasteiger charge is -2.40. The van der Waals surface area contributed by atoms with Crippen LogP contribution < -0.4 is 9.47 Å². The minimum Gasteiger partial charge on any atom is -0.495 e. The molecule has 3 aromatic rings. The van der Waals surface area contributed by atoms with Gasteiger partial charge in [-0.1, -0.05) is 54.6 Å². The molecule has 0 bridgehead atoms. The van der Waals surface area contributed by atoms with Crippen molar-refractivity contribution in [1.29, 1.82) is 0 Å². The number of Topliss-reactive ketones (excluding diaryl/α,β-unsaturated/α-hetero) is 1. The van der Waals surface area contributed by atoms with Gasteiger partial charge in [0.2, 0.25) is 0 Å². The second kappa shape index (κ2) is 7.41. The maximum absolute atomic E-state index is 12.9. The number of ether oxygens (including phenoxy) is 2. The number of methoxy groups -OCH3 is 1. The van der Waals surface area contributed by atoms with Crippen LogP contribution in [0.1, 0.15) is 29.7 Å². The van der Waals surface area contributed by atoms with Gasteiger partial charge in [-0.2, -0.15) is 0 Å². The highest BCUT2D eigenvalue weighted by molar-refractivity contribution is 5.82. The maximum Gasteiger partial charge on any atom is 0.187 e. The van der Waals surface area contributed by atoms with Crippen LogP contribution in [0.5, 0.6) is 11.5 Å². The Morgan fingerprint density at radius 2 is 1.88 bits per heavy atom. The first kappa shape index (κ1) is 21.1. The van der Waals surface area contributed by atoms with Crippen LogP contribution in [0.2, 0.25) is 0 Å². The van der Waals surface area contributed by atoms with E-state index in [1.54, 1.807) is 30.3 Å². The third-order valence-electron chi connectivity index (χ3n) is 6.88. The van der Waals surface area contributed by atoms with E-state index in [0.29, 0.717) is 17.0 Å². The molecule has 33 heavy (non-hydrogen) atoms. The molecule has 0 unspecified atom stereocenters. The average molecular weight is 442 g/mol. The zero-order chi connectivity index (χ0) is 23.4. The summed E-state index contributed by atoms with van der Waals surface area (Å²) in [6, 6.07) is 17.5. The van der Waals surface area contributed by atoms with E-state index in [4.69, 9.17) is 16.0 Å². The SMILES string of the molecule is [C-]#[N+]c1ccc([C@@]23Oc4cc(OC)cnc4[C@]2(O)[C@H](O)[C@H](C(C)=O)[C@H]3c2ccccc2)cc1. The fraction of sp³-hybridized carbons (Fsp3) is 0.269. The summed E-state index contributed by atoms with van der Waals surface area (Å²) in [4.78, 5) is 20.7. The number of nitrogens with zero attached hydrogens (tertiary/aromatic N) is 2. The highest BCUT2D eigenvalue weighted by Gasteiger charge is 2.77. The molecule has 2 aliphatic rings. The lowest BCUT2D eigenvalue weighted by molar-refractivity contribution is -0.155. The molecule has 7 heteroatoms. The van der Waals surface area contributed by atoms with E-state index >= 15 is 0 Å². The number of pyridine rings is 1. The van der Waals surface area contributed by atoms with Crippen molar-refractivity contribution < 1.29 is 24.5 Å². The molecular formula is C26H22N2O5. The number of carbonyl (C=O) groups is 1. The van der Waals surface area contributed by atoms with Crippen LogP contribution in [0.25, 0.3) is 4.85 Å². The molecule has 2 aromatic carbocycles.